The number of hydrogen-bond donors (Lipinski definition) is 2. The van der Waals surface area contributed by atoms with Crippen LogP contribution in [0.1, 0.15) is 66.7 Å². The molecule has 0 aliphatic heterocycles. The molecule has 4 heteroatoms. The van der Waals surface area contributed by atoms with E-state index in [1.807, 2.05) is 20.8 Å². The van der Waals surface area contributed by atoms with Gasteiger partial charge in [-0.25, -0.2) is 0 Å². The van der Waals surface area contributed by atoms with Crippen LogP contribution in [0.4, 0.5) is 0 Å². The second kappa shape index (κ2) is 7.41. The molecule has 118 valence electrons. The number of carboxylic acids is 1. The topological polar surface area (TPSA) is 58.6 Å². The molecular weight excluding hydrogens is 254 g/mol. The van der Waals surface area contributed by atoms with Crippen LogP contribution in [-0.2, 0) is 9.53 Å². The third-order valence-electron chi connectivity index (χ3n) is 4.09. The Morgan fingerprint density at radius 1 is 1.40 bits per heavy atom. The SMILES string of the molecule is CC1CCCC(OC(C)CC(C)(NC(C)C)C(=O)O)C1. The summed E-state index contributed by atoms with van der Waals surface area (Å²) in [5, 5.41) is 12.6. The average Bonchev–Trinajstić information content (AvgIpc) is 2.26. The van der Waals surface area contributed by atoms with Crippen molar-refractivity contribution in [2.75, 3.05) is 0 Å². The fourth-order valence-corrected chi connectivity index (χ4v) is 3.30. The summed E-state index contributed by atoms with van der Waals surface area (Å²) in [6.07, 6.45) is 5.46. The van der Waals surface area contributed by atoms with Crippen molar-refractivity contribution in [3.05, 3.63) is 0 Å². The smallest absolute Gasteiger partial charge is 0.323 e. The van der Waals surface area contributed by atoms with Gasteiger partial charge in [0, 0.05) is 12.5 Å². The third-order valence-corrected chi connectivity index (χ3v) is 4.09. The monoisotopic (exact) mass is 285 g/mol. The van der Waals surface area contributed by atoms with Crippen molar-refractivity contribution in [3.8, 4) is 0 Å². The molecule has 20 heavy (non-hydrogen) atoms. The highest BCUT2D eigenvalue weighted by Crippen LogP contribution is 2.28. The fraction of sp³-hybridized carbons (Fsp3) is 0.938. The van der Waals surface area contributed by atoms with E-state index in [0.29, 0.717) is 12.5 Å². The van der Waals surface area contributed by atoms with Crippen LogP contribution in [0.15, 0.2) is 0 Å². The number of aliphatic carboxylic acids is 1. The Labute approximate surface area is 123 Å². The number of hydrogen-bond acceptors (Lipinski definition) is 3. The van der Waals surface area contributed by atoms with Gasteiger partial charge < -0.3 is 9.84 Å². The first-order valence-electron chi connectivity index (χ1n) is 7.89. The second-order valence-corrected chi connectivity index (χ2v) is 6.98. The highest BCUT2D eigenvalue weighted by atomic mass is 16.5. The summed E-state index contributed by atoms with van der Waals surface area (Å²) < 4.78 is 6.09. The molecule has 4 unspecified atom stereocenters. The largest absolute Gasteiger partial charge is 0.480 e. The third kappa shape index (κ3) is 5.41. The van der Waals surface area contributed by atoms with Gasteiger partial charge in [0.2, 0.25) is 0 Å². The molecule has 0 aromatic rings. The van der Waals surface area contributed by atoms with Gasteiger partial charge >= 0.3 is 5.97 Å². The molecule has 0 amide bonds. The van der Waals surface area contributed by atoms with E-state index >= 15 is 0 Å². The molecule has 2 N–H and O–H groups in total. The lowest BCUT2D eigenvalue weighted by molar-refractivity contribution is -0.147. The first kappa shape index (κ1) is 17.4. The lowest BCUT2D eigenvalue weighted by Crippen LogP contribution is -2.54. The van der Waals surface area contributed by atoms with E-state index in [2.05, 4.69) is 12.2 Å². The van der Waals surface area contributed by atoms with Gasteiger partial charge in [-0.05, 0) is 46.5 Å². The highest BCUT2D eigenvalue weighted by molar-refractivity contribution is 5.78. The summed E-state index contributed by atoms with van der Waals surface area (Å²) in [5.74, 6) is -0.0840. The van der Waals surface area contributed by atoms with Crippen LogP contribution < -0.4 is 5.32 Å². The molecule has 0 saturated heterocycles. The van der Waals surface area contributed by atoms with Crippen LogP contribution in [0.3, 0.4) is 0 Å². The lowest BCUT2D eigenvalue weighted by atomic mass is 9.88. The van der Waals surface area contributed by atoms with Gasteiger partial charge in [-0.15, -0.1) is 0 Å². The maximum absolute atomic E-state index is 11.5. The molecule has 0 aromatic carbocycles. The Morgan fingerprint density at radius 3 is 2.55 bits per heavy atom. The molecule has 1 fully saturated rings. The minimum Gasteiger partial charge on any atom is -0.480 e. The molecular formula is C16H31NO3. The summed E-state index contributed by atoms with van der Waals surface area (Å²) in [5.41, 5.74) is -0.923. The van der Waals surface area contributed by atoms with Gasteiger partial charge in [-0.1, -0.05) is 19.8 Å². The van der Waals surface area contributed by atoms with Gasteiger partial charge in [0.25, 0.3) is 0 Å². The van der Waals surface area contributed by atoms with Crippen molar-refractivity contribution in [1.82, 2.24) is 5.32 Å². The number of carbonyl (C=O) groups is 1. The first-order valence-corrected chi connectivity index (χ1v) is 7.89. The van der Waals surface area contributed by atoms with Crippen molar-refractivity contribution in [2.24, 2.45) is 5.92 Å². The van der Waals surface area contributed by atoms with Crippen molar-refractivity contribution in [1.29, 1.82) is 0 Å². The van der Waals surface area contributed by atoms with Crippen LogP contribution in [0, 0.1) is 5.92 Å². The van der Waals surface area contributed by atoms with Gasteiger partial charge in [-0.2, -0.15) is 0 Å². The van der Waals surface area contributed by atoms with Gasteiger partial charge in [0.05, 0.1) is 12.2 Å². The zero-order chi connectivity index (χ0) is 15.3. The minimum atomic E-state index is -0.923. The van der Waals surface area contributed by atoms with Crippen molar-refractivity contribution < 1.29 is 14.6 Å². The lowest BCUT2D eigenvalue weighted by Gasteiger charge is -2.34. The second-order valence-electron chi connectivity index (χ2n) is 6.98. The standard InChI is InChI=1S/C16H31NO3/c1-11(2)17-16(5,15(18)19)10-13(4)20-14-8-6-7-12(3)9-14/h11-14,17H,6-10H2,1-5H3,(H,18,19). The zero-order valence-electron chi connectivity index (χ0n) is 13.6. The molecule has 1 aliphatic carbocycles. The minimum absolute atomic E-state index is 0.0438. The summed E-state index contributed by atoms with van der Waals surface area (Å²) in [6.45, 7) is 9.94. The van der Waals surface area contributed by atoms with Crippen molar-refractivity contribution in [3.63, 3.8) is 0 Å². The number of carboxylic acid groups (broad SMARTS) is 1. The fourth-order valence-electron chi connectivity index (χ4n) is 3.30. The molecule has 0 aromatic heterocycles. The van der Waals surface area contributed by atoms with E-state index in [-0.39, 0.29) is 12.1 Å². The summed E-state index contributed by atoms with van der Waals surface area (Å²) in [7, 11) is 0. The van der Waals surface area contributed by atoms with Gasteiger partial charge in [-0.3, -0.25) is 10.1 Å². The zero-order valence-corrected chi connectivity index (χ0v) is 13.6. The highest BCUT2D eigenvalue weighted by Gasteiger charge is 2.36. The van der Waals surface area contributed by atoms with E-state index in [9.17, 15) is 9.90 Å². The van der Waals surface area contributed by atoms with Gasteiger partial charge in [0.15, 0.2) is 0 Å². The van der Waals surface area contributed by atoms with Crippen LogP contribution in [0.25, 0.3) is 0 Å². The molecule has 1 aliphatic rings. The van der Waals surface area contributed by atoms with E-state index in [1.54, 1.807) is 6.92 Å². The van der Waals surface area contributed by atoms with E-state index in [4.69, 9.17) is 4.74 Å². The van der Waals surface area contributed by atoms with E-state index in [1.165, 1.54) is 12.8 Å². The Hall–Kier alpha value is -0.610. The van der Waals surface area contributed by atoms with Gasteiger partial charge in [0.1, 0.15) is 5.54 Å². The molecule has 0 spiro atoms. The first-order chi connectivity index (χ1) is 9.23. The summed E-state index contributed by atoms with van der Waals surface area (Å²) >= 11 is 0. The van der Waals surface area contributed by atoms with Crippen molar-refractivity contribution >= 4 is 5.97 Å². The Morgan fingerprint density at radius 2 is 2.05 bits per heavy atom. The molecule has 1 saturated carbocycles. The Bertz CT molecular complexity index is 319. The van der Waals surface area contributed by atoms with Crippen LogP contribution in [-0.4, -0.2) is 34.9 Å². The van der Waals surface area contributed by atoms with Crippen LogP contribution in [0.5, 0.6) is 0 Å². The maximum atomic E-state index is 11.5. The number of rotatable bonds is 7. The summed E-state index contributed by atoms with van der Waals surface area (Å²) in [6, 6.07) is 0.137. The maximum Gasteiger partial charge on any atom is 0.323 e. The van der Waals surface area contributed by atoms with E-state index in [0.717, 1.165) is 18.8 Å². The summed E-state index contributed by atoms with van der Waals surface area (Å²) in [4.78, 5) is 11.5. The molecule has 0 bridgehead atoms. The van der Waals surface area contributed by atoms with Crippen LogP contribution in [0.2, 0.25) is 0 Å². The molecule has 0 radical (unpaired) electrons. The quantitative estimate of drug-likeness (QED) is 0.754. The normalized spacial score (nSPS) is 28.1. The van der Waals surface area contributed by atoms with Crippen LogP contribution >= 0.6 is 0 Å². The van der Waals surface area contributed by atoms with E-state index < -0.39 is 11.5 Å². The predicted molar refractivity (Wildman–Crippen MR) is 80.9 cm³/mol. The molecule has 4 nitrogen and oxygen atoms in total. The Balaban J connectivity index is 2.53. The molecule has 1 rings (SSSR count). The van der Waals surface area contributed by atoms with Crippen molar-refractivity contribution in [2.45, 2.75) is 90.5 Å². The Kier molecular flexibility index (Phi) is 6.46. The number of nitrogens with one attached hydrogen (secondary N) is 1. The predicted octanol–water partition coefficient (Wildman–Crippen LogP) is 3.20. The molecule has 0 heterocycles. The number of ether oxygens (including phenoxy) is 1. The molecule has 4 atom stereocenters. The average molecular weight is 285 g/mol.